The van der Waals surface area contributed by atoms with Crippen LogP contribution in [0.5, 0.6) is 0 Å². The standard InChI is InChI=1S/C31H29NO3/c1-2-12-24-19-20-32(22-24)30-21-28(33)29(35-30)23-34-31(25-13-6-3-7-14-25,26-15-8-4-9-16-26)27-17-10-5-11-18-27/h3-11,13-20,22,28-30,33H,21,23H2,1H3/t28-,29+,30+/m0/s1. The van der Waals surface area contributed by atoms with Crippen LogP contribution < -0.4 is 0 Å². The second-order valence-corrected chi connectivity index (χ2v) is 8.74. The first-order chi connectivity index (χ1) is 17.2. The molecule has 1 aliphatic heterocycles. The van der Waals surface area contributed by atoms with E-state index in [1.165, 1.54) is 0 Å². The first-order valence-corrected chi connectivity index (χ1v) is 11.9. The van der Waals surface area contributed by atoms with Gasteiger partial charge in [0.05, 0.1) is 12.7 Å². The number of nitrogens with zero attached hydrogens (tertiary/aromatic N) is 1. The molecule has 4 aromatic rings. The maximum Gasteiger partial charge on any atom is 0.143 e. The molecular weight excluding hydrogens is 434 g/mol. The smallest absolute Gasteiger partial charge is 0.143 e. The Labute approximate surface area is 206 Å². The summed E-state index contributed by atoms with van der Waals surface area (Å²) < 4.78 is 15.1. The van der Waals surface area contributed by atoms with Gasteiger partial charge in [-0.3, -0.25) is 0 Å². The van der Waals surface area contributed by atoms with E-state index >= 15 is 0 Å². The highest BCUT2D eigenvalue weighted by Gasteiger charge is 2.41. The summed E-state index contributed by atoms with van der Waals surface area (Å²) in [5.74, 6) is 5.98. The summed E-state index contributed by atoms with van der Waals surface area (Å²) >= 11 is 0. The molecule has 1 saturated heterocycles. The number of aliphatic hydroxyl groups is 1. The number of benzene rings is 3. The van der Waals surface area contributed by atoms with Crippen LogP contribution in [-0.2, 0) is 15.1 Å². The van der Waals surface area contributed by atoms with Gasteiger partial charge in [0.1, 0.15) is 17.9 Å². The van der Waals surface area contributed by atoms with Crippen LogP contribution in [0.25, 0.3) is 0 Å². The third-order valence-electron chi connectivity index (χ3n) is 6.53. The number of hydrogen-bond donors (Lipinski definition) is 1. The molecular formula is C31H29NO3. The fraction of sp³-hybridized carbons (Fsp3) is 0.226. The quantitative estimate of drug-likeness (QED) is 0.290. The van der Waals surface area contributed by atoms with E-state index in [-0.39, 0.29) is 12.8 Å². The van der Waals surface area contributed by atoms with Crippen molar-refractivity contribution in [2.75, 3.05) is 6.61 Å². The Morgan fingerprint density at radius 3 is 1.94 bits per heavy atom. The monoisotopic (exact) mass is 463 g/mol. The lowest BCUT2D eigenvalue weighted by molar-refractivity contribution is -0.0936. The normalized spacial score (nSPS) is 19.8. The van der Waals surface area contributed by atoms with E-state index in [0.29, 0.717) is 6.42 Å². The molecule has 0 spiro atoms. The average Bonchev–Trinajstić information content (AvgIpc) is 3.53. The summed E-state index contributed by atoms with van der Waals surface area (Å²) in [5.41, 5.74) is 3.16. The largest absolute Gasteiger partial charge is 0.390 e. The highest BCUT2D eigenvalue weighted by Crippen LogP contribution is 2.41. The Hall–Kier alpha value is -3.62. The van der Waals surface area contributed by atoms with Gasteiger partial charge in [-0.05, 0) is 29.7 Å². The van der Waals surface area contributed by atoms with Crippen LogP contribution in [0.2, 0.25) is 0 Å². The molecule has 0 saturated carbocycles. The molecule has 5 rings (SSSR count). The highest BCUT2D eigenvalue weighted by atomic mass is 16.6. The predicted molar refractivity (Wildman–Crippen MR) is 137 cm³/mol. The van der Waals surface area contributed by atoms with Crippen molar-refractivity contribution in [3.05, 3.63) is 132 Å². The van der Waals surface area contributed by atoms with Crippen molar-refractivity contribution in [1.82, 2.24) is 4.57 Å². The first-order valence-electron chi connectivity index (χ1n) is 11.9. The number of hydrogen-bond acceptors (Lipinski definition) is 3. The molecule has 0 bridgehead atoms. The van der Waals surface area contributed by atoms with E-state index in [1.54, 1.807) is 0 Å². The van der Waals surface area contributed by atoms with Crippen molar-refractivity contribution < 1.29 is 14.6 Å². The van der Waals surface area contributed by atoms with Gasteiger partial charge in [0.2, 0.25) is 0 Å². The van der Waals surface area contributed by atoms with Gasteiger partial charge in [-0.15, -0.1) is 5.92 Å². The SMILES string of the molecule is CC#Cc1ccn([C@H]2C[C@H](O)[C@@H](COC(c3ccccc3)(c3ccccc3)c3ccccc3)O2)c1. The fourth-order valence-corrected chi connectivity index (χ4v) is 4.83. The van der Waals surface area contributed by atoms with E-state index in [4.69, 9.17) is 9.47 Å². The second kappa shape index (κ2) is 10.3. The van der Waals surface area contributed by atoms with Gasteiger partial charge < -0.3 is 19.1 Å². The van der Waals surface area contributed by atoms with E-state index in [0.717, 1.165) is 22.3 Å². The molecule has 1 aliphatic rings. The molecule has 0 unspecified atom stereocenters. The maximum absolute atomic E-state index is 10.9. The Bertz CT molecular complexity index is 1190. The lowest BCUT2D eigenvalue weighted by Crippen LogP contribution is -2.38. The van der Waals surface area contributed by atoms with Crippen molar-refractivity contribution in [3.8, 4) is 11.8 Å². The molecule has 3 atom stereocenters. The molecule has 0 aliphatic carbocycles. The number of ether oxygens (including phenoxy) is 2. The number of aromatic nitrogens is 1. The van der Waals surface area contributed by atoms with Crippen molar-refractivity contribution in [2.45, 2.75) is 37.4 Å². The lowest BCUT2D eigenvalue weighted by atomic mass is 9.80. The number of aliphatic hydroxyl groups excluding tert-OH is 1. The van der Waals surface area contributed by atoms with Crippen LogP contribution >= 0.6 is 0 Å². The Morgan fingerprint density at radius 1 is 0.886 bits per heavy atom. The molecule has 3 aromatic carbocycles. The summed E-state index contributed by atoms with van der Waals surface area (Å²) in [6, 6.07) is 32.7. The van der Waals surface area contributed by atoms with Gasteiger partial charge in [0.25, 0.3) is 0 Å². The fourth-order valence-electron chi connectivity index (χ4n) is 4.83. The third-order valence-corrected chi connectivity index (χ3v) is 6.53. The van der Waals surface area contributed by atoms with E-state index in [9.17, 15) is 5.11 Å². The van der Waals surface area contributed by atoms with Crippen molar-refractivity contribution >= 4 is 0 Å². The molecule has 4 nitrogen and oxygen atoms in total. The zero-order valence-corrected chi connectivity index (χ0v) is 19.7. The van der Waals surface area contributed by atoms with Crippen LogP contribution in [0.15, 0.2) is 109 Å². The predicted octanol–water partition coefficient (Wildman–Crippen LogP) is 5.52. The molecule has 2 heterocycles. The summed E-state index contributed by atoms with van der Waals surface area (Å²) in [6.45, 7) is 2.05. The third kappa shape index (κ3) is 4.67. The zero-order chi connectivity index (χ0) is 24.1. The molecule has 1 aromatic heterocycles. The summed E-state index contributed by atoms with van der Waals surface area (Å²) in [5, 5.41) is 10.9. The molecule has 0 amide bonds. The van der Waals surface area contributed by atoms with Crippen molar-refractivity contribution in [2.24, 2.45) is 0 Å². The van der Waals surface area contributed by atoms with Gasteiger partial charge in [-0.25, -0.2) is 0 Å². The van der Waals surface area contributed by atoms with Crippen molar-refractivity contribution in [3.63, 3.8) is 0 Å². The second-order valence-electron chi connectivity index (χ2n) is 8.74. The average molecular weight is 464 g/mol. The van der Waals surface area contributed by atoms with Crippen LogP contribution in [0.1, 0.15) is 41.8 Å². The summed E-state index contributed by atoms with van der Waals surface area (Å²) in [7, 11) is 0. The lowest BCUT2D eigenvalue weighted by Gasteiger charge is -2.37. The Morgan fingerprint density at radius 2 is 1.43 bits per heavy atom. The minimum absolute atomic E-state index is 0.235. The van der Waals surface area contributed by atoms with E-state index in [2.05, 4.69) is 48.2 Å². The van der Waals surface area contributed by atoms with Gasteiger partial charge in [-0.1, -0.05) is 96.9 Å². The van der Waals surface area contributed by atoms with Gasteiger partial charge >= 0.3 is 0 Å². The zero-order valence-electron chi connectivity index (χ0n) is 19.7. The molecule has 1 fully saturated rings. The van der Waals surface area contributed by atoms with Crippen molar-refractivity contribution in [1.29, 1.82) is 0 Å². The Balaban J connectivity index is 1.47. The van der Waals surface area contributed by atoms with Crippen LogP contribution in [0.3, 0.4) is 0 Å². The van der Waals surface area contributed by atoms with Gasteiger partial charge in [0.15, 0.2) is 0 Å². The minimum Gasteiger partial charge on any atom is -0.390 e. The van der Waals surface area contributed by atoms with E-state index in [1.807, 2.05) is 84.5 Å². The topological polar surface area (TPSA) is 43.6 Å². The molecule has 4 heteroatoms. The van der Waals surface area contributed by atoms with Crippen LogP contribution in [-0.4, -0.2) is 28.5 Å². The van der Waals surface area contributed by atoms with Gasteiger partial charge in [-0.2, -0.15) is 0 Å². The summed E-state index contributed by atoms with van der Waals surface area (Å²) in [4.78, 5) is 0. The Kier molecular flexibility index (Phi) is 6.83. The minimum atomic E-state index is -0.845. The van der Waals surface area contributed by atoms with Crippen LogP contribution in [0, 0.1) is 11.8 Å². The molecule has 35 heavy (non-hydrogen) atoms. The molecule has 1 N–H and O–H groups in total. The summed E-state index contributed by atoms with van der Waals surface area (Å²) in [6.07, 6.45) is 3.05. The van der Waals surface area contributed by atoms with Gasteiger partial charge in [0, 0.05) is 24.4 Å². The maximum atomic E-state index is 10.9. The highest BCUT2D eigenvalue weighted by molar-refractivity contribution is 5.47. The molecule has 176 valence electrons. The molecule has 0 radical (unpaired) electrons. The first kappa shape index (κ1) is 23.1. The van der Waals surface area contributed by atoms with Crippen LogP contribution in [0.4, 0.5) is 0 Å². The van der Waals surface area contributed by atoms with E-state index < -0.39 is 17.8 Å². The number of rotatable bonds is 7.